The molecule has 0 amide bonds. The third kappa shape index (κ3) is 3.76. The van der Waals surface area contributed by atoms with E-state index in [4.69, 9.17) is 11.6 Å². The van der Waals surface area contributed by atoms with Gasteiger partial charge >= 0.3 is 0 Å². The Balaban J connectivity index is 1.83. The van der Waals surface area contributed by atoms with E-state index in [-0.39, 0.29) is 6.61 Å². The van der Waals surface area contributed by atoms with Crippen molar-refractivity contribution in [3.05, 3.63) is 40.5 Å². The van der Waals surface area contributed by atoms with Gasteiger partial charge in [0.1, 0.15) is 10.6 Å². The fourth-order valence-electron chi connectivity index (χ4n) is 4.09. The number of benzene rings is 1. The smallest absolute Gasteiger partial charge is 0.225 e. The molecule has 0 bridgehead atoms. The number of anilines is 1. The molecule has 1 aromatic carbocycles. The van der Waals surface area contributed by atoms with Crippen molar-refractivity contribution >= 4 is 39.0 Å². The van der Waals surface area contributed by atoms with Gasteiger partial charge in [0, 0.05) is 30.1 Å². The van der Waals surface area contributed by atoms with Crippen LogP contribution in [0.3, 0.4) is 0 Å². The Labute approximate surface area is 175 Å². The zero-order chi connectivity index (χ0) is 19.7. The zero-order valence-corrected chi connectivity index (χ0v) is 17.9. The summed E-state index contributed by atoms with van der Waals surface area (Å²) in [6, 6.07) is 9.09. The lowest BCUT2D eigenvalue weighted by Gasteiger charge is -2.37. The molecule has 4 nitrogen and oxygen atoms in total. The molecule has 28 heavy (non-hydrogen) atoms. The summed E-state index contributed by atoms with van der Waals surface area (Å²) in [6.07, 6.45) is 4.15. The molecule has 0 radical (unpaired) electrons. The van der Waals surface area contributed by atoms with E-state index in [1.165, 1.54) is 17.5 Å². The lowest BCUT2D eigenvalue weighted by molar-refractivity contribution is 0.262. The molecule has 4 rings (SSSR count). The van der Waals surface area contributed by atoms with Crippen molar-refractivity contribution < 1.29 is 5.11 Å². The molecule has 1 atom stereocenters. The minimum absolute atomic E-state index is 0.191. The lowest BCUT2D eigenvalue weighted by Crippen LogP contribution is -2.40. The highest BCUT2D eigenvalue weighted by molar-refractivity contribution is 7.17. The summed E-state index contributed by atoms with van der Waals surface area (Å²) in [6.45, 7) is 5.55. The first-order valence-electron chi connectivity index (χ1n) is 10.0. The largest absolute Gasteiger partial charge is 0.396 e. The number of piperidine rings is 1. The second-order valence-corrected chi connectivity index (χ2v) is 8.97. The maximum absolute atomic E-state index is 9.53. The van der Waals surface area contributed by atoms with Crippen LogP contribution in [0.5, 0.6) is 0 Å². The summed E-state index contributed by atoms with van der Waals surface area (Å²) in [5.41, 5.74) is 3.68. The van der Waals surface area contributed by atoms with Gasteiger partial charge in [0.05, 0.1) is 5.39 Å². The van der Waals surface area contributed by atoms with Gasteiger partial charge in [-0.1, -0.05) is 38.1 Å². The van der Waals surface area contributed by atoms with Gasteiger partial charge in [0.2, 0.25) is 5.28 Å². The molecule has 1 saturated heterocycles. The summed E-state index contributed by atoms with van der Waals surface area (Å²) in [4.78, 5) is 12.4. The van der Waals surface area contributed by atoms with Gasteiger partial charge in [0.15, 0.2) is 0 Å². The molecule has 0 spiro atoms. The Kier molecular flexibility index (Phi) is 5.85. The molecule has 3 aromatic rings. The number of nitrogens with zero attached hydrogens (tertiary/aromatic N) is 3. The SMILES string of the molecule is CC(C)c1ccc(-c2csc3nc(Cl)nc(N4CCCCC4CCO)c23)cc1. The first-order chi connectivity index (χ1) is 13.6. The highest BCUT2D eigenvalue weighted by Crippen LogP contribution is 2.41. The maximum atomic E-state index is 9.53. The highest BCUT2D eigenvalue weighted by atomic mass is 35.5. The number of aliphatic hydroxyl groups excluding tert-OH is 1. The summed E-state index contributed by atoms with van der Waals surface area (Å²) >= 11 is 7.90. The van der Waals surface area contributed by atoms with Crippen molar-refractivity contribution in [3.8, 4) is 11.1 Å². The van der Waals surface area contributed by atoms with Crippen LogP contribution < -0.4 is 4.90 Å². The minimum Gasteiger partial charge on any atom is -0.396 e. The topological polar surface area (TPSA) is 49.2 Å². The van der Waals surface area contributed by atoms with Crippen LogP contribution in [-0.2, 0) is 0 Å². The van der Waals surface area contributed by atoms with E-state index in [1.807, 2.05) is 0 Å². The predicted molar refractivity (Wildman–Crippen MR) is 119 cm³/mol. The van der Waals surface area contributed by atoms with E-state index in [9.17, 15) is 5.11 Å². The number of rotatable bonds is 5. The zero-order valence-electron chi connectivity index (χ0n) is 16.4. The molecule has 1 unspecified atom stereocenters. The van der Waals surface area contributed by atoms with Crippen LogP contribution in [-0.4, -0.2) is 34.3 Å². The molecule has 1 aliphatic rings. The number of aromatic nitrogens is 2. The van der Waals surface area contributed by atoms with E-state index in [0.717, 1.165) is 47.4 Å². The van der Waals surface area contributed by atoms with Crippen molar-refractivity contribution in [2.24, 2.45) is 0 Å². The van der Waals surface area contributed by atoms with Crippen molar-refractivity contribution in [2.45, 2.75) is 51.5 Å². The Morgan fingerprint density at radius 1 is 1.21 bits per heavy atom. The van der Waals surface area contributed by atoms with Crippen LogP contribution in [0.15, 0.2) is 29.6 Å². The Morgan fingerprint density at radius 2 is 2.00 bits per heavy atom. The van der Waals surface area contributed by atoms with Gasteiger partial charge in [-0.25, -0.2) is 4.98 Å². The third-order valence-electron chi connectivity index (χ3n) is 5.64. The lowest BCUT2D eigenvalue weighted by atomic mass is 9.97. The summed E-state index contributed by atoms with van der Waals surface area (Å²) < 4.78 is 0. The van der Waals surface area contributed by atoms with Gasteiger partial charge in [-0.05, 0) is 54.3 Å². The van der Waals surface area contributed by atoms with E-state index >= 15 is 0 Å². The number of aliphatic hydroxyl groups is 1. The van der Waals surface area contributed by atoms with Gasteiger partial charge < -0.3 is 10.0 Å². The van der Waals surface area contributed by atoms with Crippen LogP contribution in [0.25, 0.3) is 21.3 Å². The van der Waals surface area contributed by atoms with E-state index in [1.54, 1.807) is 11.3 Å². The molecule has 1 aliphatic heterocycles. The minimum atomic E-state index is 0.191. The predicted octanol–water partition coefficient (Wildman–Crippen LogP) is 5.88. The first kappa shape index (κ1) is 19.6. The maximum Gasteiger partial charge on any atom is 0.225 e. The molecule has 1 fully saturated rings. The average molecular weight is 416 g/mol. The average Bonchev–Trinajstić information content (AvgIpc) is 3.12. The molecular formula is C22H26ClN3OS. The normalized spacial score (nSPS) is 17.6. The molecular weight excluding hydrogens is 390 g/mol. The van der Waals surface area contributed by atoms with Crippen molar-refractivity contribution in [2.75, 3.05) is 18.1 Å². The van der Waals surface area contributed by atoms with Crippen molar-refractivity contribution in [1.82, 2.24) is 9.97 Å². The summed E-state index contributed by atoms with van der Waals surface area (Å²) in [5.74, 6) is 1.43. The van der Waals surface area contributed by atoms with E-state index < -0.39 is 0 Å². The molecule has 3 heterocycles. The molecule has 2 aromatic heterocycles. The Morgan fingerprint density at radius 3 is 2.71 bits per heavy atom. The number of hydrogen-bond donors (Lipinski definition) is 1. The number of hydrogen-bond acceptors (Lipinski definition) is 5. The molecule has 148 valence electrons. The Hall–Kier alpha value is -1.69. The van der Waals surface area contributed by atoms with Crippen molar-refractivity contribution in [3.63, 3.8) is 0 Å². The van der Waals surface area contributed by atoms with Crippen LogP contribution in [0.1, 0.15) is 51.0 Å². The highest BCUT2D eigenvalue weighted by Gasteiger charge is 2.27. The second kappa shape index (κ2) is 8.36. The van der Waals surface area contributed by atoms with Gasteiger partial charge in [-0.3, -0.25) is 0 Å². The summed E-state index contributed by atoms with van der Waals surface area (Å²) in [5, 5.41) is 13.1. The molecule has 6 heteroatoms. The third-order valence-corrected chi connectivity index (χ3v) is 6.68. The number of halogens is 1. The van der Waals surface area contributed by atoms with Crippen LogP contribution >= 0.6 is 22.9 Å². The van der Waals surface area contributed by atoms with Crippen molar-refractivity contribution in [1.29, 1.82) is 0 Å². The van der Waals surface area contributed by atoms with Crippen LogP contribution in [0.2, 0.25) is 5.28 Å². The first-order valence-corrected chi connectivity index (χ1v) is 11.3. The Bertz CT molecular complexity index is 952. The molecule has 0 saturated carbocycles. The molecule has 1 N–H and O–H groups in total. The van der Waals surface area contributed by atoms with E-state index in [0.29, 0.717) is 17.2 Å². The summed E-state index contributed by atoms with van der Waals surface area (Å²) in [7, 11) is 0. The molecule has 0 aliphatic carbocycles. The monoisotopic (exact) mass is 415 g/mol. The fraction of sp³-hybridized carbons (Fsp3) is 0.455. The van der Waals surface area contributed by atoms with Gasteiger partial charge in [-0.15, -0.1) is 11.3 Å². The second-order valence-electron chi connectivity index (χ2n) is 7.78. The van der Waals surface area contributed by atoms with E-state index in [2.05, 4.69) is 58.4 Å². The van der Waals surface area contributed by atoms with Gasteiger partial charge in [0.25, 0.3) is 0 Å². The standard InChI is InChI=1S/C22H26ClN3OS/c1-14(2)15-6-8-16(9-7-15)18-13-28-21-19(18)20(24-22(23)25-21)26-11-4-3-5-17(26)10-12-27/h6-9,13-14,17,27H,3-5,10-12H2,1-2H3. The van der Waals surface area contributed by atoms with Gasteiger partial charge in [-0.2, -0.15) is 4.98 Å². The van der Waals surface area contributed by atoms with Crippen LogP contribution in [0, 0.1) is 0 Å². The fourth-order valence-corrected chi connectivity index (χ4v) is 5.25. The number of thiophene rings is 1. The number of fused-ring (bicyclic) bond motifs is 1. The quantitative estimate of drug-likeness (QED) is 0.529. The van der Waals surface area contributed by atoms with Crippen LogP contribution in [0.4, 0.5) is 5.82 Å².